The summed E-state index contributed by atoms with van der Waals surface area (Å²) in [5.74, 6) is -0.0171. The molecule has 0 aromatic heterocycles. The van der Waals surface area contributed by atoms with Gasteiger partial charge in [-0.1, -0.05) is 48.0 Å². The highest BCUT2D eigenvalue weighted by Crippen LogP contribution is 2.12. The van der Waals surface area contributed by atoms with Crippen LogP contribution in [0.15, 0.2) is 54.6 Å². The minimum absolute atomic E-state index is 0.00750. The van der Waals surface area contributed by atoms with E-state index in [4.69, 9.17) is 4.74 Å². The predicted octanol–water partition coefficient (Wildman–Crippen LogP) is 1.38. The molecular weight excluding hydrogens is 300 g/mol. The summed E-state index contributed by atoms with van der Waals surface area (Å²) in [6, 6.07) is 17.9. The molecule has 24 heavy (non-hydrogen) atoms. The van der Waals surface area contributed by atoms with Crippen LogP contribution < -0.4 is 10.2 Å². The Morgan fingerprint density at radius 1 is 1.08 bits per heavy atom. The fourth-order valence-electron chi connectivity index (χ4n) is 3.04. The maximum atomic E-state index is 12.6. The summed E-state index contributed by atoms with van der Waals surface area (Å²) >= 11 is 0. The highest BCUT2D eigenvalue weighted by atomic mass is 16.5. The second-order valence-corrected chi connectivity index (χ2v) is 6.37. The number of ether oxygens (including phenoxy) is 1. The molecule has 0 bridgehead atoms. The van der Waals surface area contributed by atoms with E-state index in [1.165, 1.54) is 4.90 Å². The second-order valence-electron chi connectivity index (χ2n) is 6.37. The van der Waals surface area contributed by atoms with Crippen LogP contribution in [0.2, 0.25) is 0 Å². The van der Waals surface area contributed by atoms with Gasteiger partial charge in [-0.25, -0.2) is 0 Å². The molecule has 1 fully saturated rings. The van der Waals surface area contributed by atoms with Gasteiger partial charge in [0.1, 0.15) is 25.7 Å². The molecule has 1 saturated heterocycles. The van der Waals surface area contributed by atoms with Crippen LogP contribution in [0.1, 0.15) is 27.5 Å². The Labute approximate surface area is 143 Å². The molecule has 0 spiro atoms. The number of nitrogens with one attached hydrogen (secondary N) is 2. The van der Waals surface area contributed by atoms with E-state index in [-0.39, 0.29) is 11.9 Å². The van der Waals surface area contributed by atoms with E-state index in [1.54, 1.807) is 0 Å². The number of hydrogen-bond acceptors (Lipinski definition) is 2. The zero-order valence-electron chi connectivity index (χ0n) is 14.1. The van der Waals surface area contributed by atoms with Gasteiger partial charge in [-0.2, -0.15) is 0 Å². The quantitative estimate of drug-likeness (QED) is 0.872. The van der Waals surface area contributed by atoms with Gasteiger partial charge in [0.25, 0.3) is 5.91 Å². The van der Waals surface area contributed by atoms with E-state index in [2.05, 4.69) is 17.4 Å². The predicted molar refractivity (Wildman–Crippen MR) is 94.2 cm³/mol. The van der Waals surface area contributed by atoms with Crippen LogP contribution in [0.4, 0.5) is 0 Å². The molecule has 126 valence electrons. The third-order valence-corrected chi connectivity index (χ3v) is 4.51. The van der Waals surface area contributed by atoms with Crippen LogP contribution in [0.25, 0.3) is 0 Å². The third-order valence-electron chi connectivity index (χ3n) is 4.51. The Hall–Kier alpha value is -2.17. The number of benzene rings is 2. The average Bonchev–Trinajstić information content (AvgIpc) is 2.63. The minimum atomic E-state index is -0.0171. The lowest BCUT2D eigenvalue weighted by Crippen LogP contribution is -3.14. The Morgan fingerprint density at radius 3 is 2.42 bits per heavy atom. The molecule has 3 rings (SSSR count). The summed E-state index contributed by atoms with van der Waals surface area (Å²) in [6.07, 6.45) is 0. The first-order valence-electron chi connectivity index (χ1n) is 8.56. The molecular formula is C20H25N2O2+. The Kier molecular flexibility index (Phi) is 5.62. The fraction of sp³-hybridized carbons (Fsp3) is 0.350. The lowest BCUT2D eigenvalue weighted by atomic mass is 10.0. The molecule has 0 aliphatic carbocycles. The first-order chi connectivity index (χ1) is 11.7. The Bertz CT molecular complexity index is 649. The van der Waals surface area contributed by atoms with Crippen molar-refractivity contribution in [3.63, 3.8) is 0 Å². The molecule has 4 nitrogen and oxygen atoms in total. The first-order valence-corrected chi connectivity index (χ1v) is 8.56. The minimum Gasteiger partial charge on any atom is -0.370 e. The van der Waals surface area contributed by atoms with Crippen LogP contribution in [-0.4, -0.2) is 38.8 Å². The molecule has 2 aromatic carbocycles. The molecule has 4 heteroatoms. The molecule has 1 amide bonds. The number of amides is 1. The Morgan fingerprint density at radius 2 is 1.75 bits per heavy atom. The van der Waals surface area contributed by atoms with Gasteiger partial charge in [-0.15, -0.1) is 0 Å². The summed E-state index contributed by atoms with van der Waals surface area (Å²) in [5, 5.41) is 3.22. The number of carbonyl (C=O) groups is 1. The van der Waals surface area contributed by atoms with E-state index < -0.39 is 0 Å². The number of hydrogen-bond donors (Lipinski definition) is 2. The molecule has 1 heterocycles. The van der Waals surface area contributed by atoms with Gasteiger partial charge in [-0.3, -0.25) is 4.79 Å². The summed E-state index contributed by atoms with van der Waals surface area (Å²) in [4.78, 5) is 14.1. The maximum Gasteiger partial charge on any atom is 0.251 e. The fourth-order valence-corrected chi connectivity index (χ4v) is 3.04. The van der Waals surface area contributed by atoms with E-state index in [9.17, 15) is 4.79 Å². The number of aryl methyl sites for hydroxylation is 1. The summed E-state index contributed by atoms with van der Waals surface area (Å²) in [7, 11) is 0. The van der Waals surface area contributed by atoms with Crippen molar-refractivity contribution >= 4 is 5.91 Å². The largest absolute Gasteiger partial charge is 0.370 e. The zero-order valence-corrected chi connectivity index (χ0v) is 14.1. The van der Waals surface area contributed by atoms with Gasteiger partial charge in [0.2, 0.25) is 0 Å². The number of carbonyl (C=O) groups excluding carboxylic acids is 1. The summed E-state index contributed by atoms with van der Waals surface area (Å²) in [6.45, 7) is 6.47. The summed E-state index contributed by atoms with van der Waals surface area (Å²) < 4.78 is 5.44. The van der Waals surface area contributed by atoms with Gasteiger partial charge in [0.05, 0.1) is 13.2 Å². The van der Waals surface area contributed by atoms with Crippen molar-refractivity contribution in [2.45, 2.75) is 13.0 Å². The van der Waals surface area contributed by atoms with E-state index >= 15 is 0 Å². The number of quaternary nitrogens is 1. The molecule has 1 aliphatic heterocycles. The van der Waals surface area contributed by atoms with Crippen molar-refractivity contribution < 1.29 is 14.4 Å². The van der Waals surface area contributed by atoms with E-state index in [0.717, 1.165) is 44.0 Å². The molecule has 0 radical (unpaired) electrons. The molecule has 0 saturated carbocycles. The summed E-state index contributed by atoms with van der Waals surface area (Å²) in [5.41, 5.74) is 3.01. The Balaban J connectivity index is 1.73. The maximum absolute atomic E-state index is 12.6. The smallest absolute Gasteiger partial charge is 0.251 e. The van der Waals surface area contributed by atoms with E-state index in [0.29, 0.717) is 5.56 Å². The number of morpholine rings is 1. The highest BCUT2D eigenvalue weighted by Gasteiger charge is 2.23. The van der Waals surface area contributed by atoms with Crippen LogP contribution in [0, 0.1) is 6.92 Å². The van der Waals surface area contributed by atoms with Crippen molar-refractivity contribution in [1.82, 2.24) is 5.32 Å². The van der Waals surface area contributed by atoms with Crippen molar-refractivity contribution in [1.29, 1.82) is 0 Å². The van der Waals surface area contributed by atoms with Gasteiger partial charge in [-0.05, 0) is 24.6 Å². The van der Waals surface area contributed by atoms with Crippen LogP contribution >= 0.6 is 0 Å². The van der Waals surface area contributed by atoms with Crippen molar-refractivity contribution in [3.05, 3.63) is 71.3 Å². The van der Waals surface area contributed by atoms with Crippen molar-refractivity contribution in [2.75, 3.05) is 32.8 Å². The van der Waals surface area contributed by atoms with Gasteiger partial charge < -0.3 is 15.0 Å². The monoisotopic (exact) mass is 325 g/mol. The standard InChI is InChI=1S/C20H24N2O2/c1-16-7-9-18(10-8-16)20(23)21-19(17-5-3-2-4-6-17)15-22-11-13-24-14-12-22/h2-10,19H,11-15H2,1H3,(H,21,23)/p+1/t19-/m1/s1. The van der Waals surface area contributed by atoms with E-state index in [1.807, 2.05) is 49.4 Å². The normalized spacial score (nSPS) is 16.5. The molecule has 2 N–H and O–H groups in total. The molecule has 1 atom stereocenters. The topological polar surface area (TPSA) is 42.8 Å². The van der Waals surface area contributed by atoms with Crippen LogP contribution in [-0.2, 0) is 4.74 Å². The van der Waals surface area contributed by atoms with Crippen LogP contribution in [0.5, 0.6) is 0 Å². The zero-order chi connectivity index (χ0) is 16.8. The van der Waals surface area contributed by atoms with Gasteiger partial charge >= 0.3 is 0 Å². The highest BCUT2D eigenvalue weighted by molar-refractivity contribution is 5.94. The third kappa shape index (κ3) is 4.43. The van der Waals surface area contributed by atoms with Crippen LogP contribution in [0.3, 0.4) is 0 Å². The second kappa shape index (κ2) is 8.08. The lowest BCUT2D eigenvalue weighted by molar-refractivity contribution is -0.909. The molecule has 1 aliphatic rings. The lowest BCUT2D eigenvalue weighted by Gasteiger charge is -2.28. The van der Waals surface area contributed by atoms with Gasteiger partial charge in [0.15, 0.2) is 0 Å². The van der Waals surface area contributed by atoms with Crippen molar-refractivity contribution in [2.24, 2.45) is 0 Å². The number of rotatable bonds is 5. The average molecular weight is 325 g/mol. The first kappa shape index (κ1) is 16.7. The van der Waals surface area contributed by atoms with Gasteiger partial charge in [0, 0.05) is 5.56 Å². The molecule has 0 unspecified atom stereocenters. The molecule has 2 aromatic rings. The van der Waals surface area contributed by atoms with Crippen molar-refractivity contribution in [3.8, 4) is 0 Å². The SMILES string of the molecule is Cc1ccc(C(=O)N[C@H](C[NH+]2CCOCC2)c2ccccc2)cc1.